The number of nitrogens with one attached hydrogen (secondary N) is 1. The van der Waals surface area contributed by atoms with Gasteiger partial charge in [0.25, 0.3) is 0 Å². The number of anilines is 2. The van der Waals surface area contributed by atoms with E-state index in [-0.39, 0.29) is 6.04 Å². The molecular weight excluding hydrogens is 214 g/mol. The second-order valence-corrected chi connectivity index (χ2v) is 3.73. The minimum absolute atomic E-state index is 0.259. The summed E-state index contributed by atoms with van der Waals surface area (Å²) in [7, 11) is 0. The van der Waals surface area contributed by atoms with E-state index in [1.807, 2.05) is 24.3 Å². The molecule has 1 heterocycles. The van der Waals surface area contributed by atoms with E-state index in [2.05, 4.69) is 10.4 Å². The van der Waals surface area contributed by atoms with E-state index < -0.39 is 0 Å². The smallest absolute Gasteiger partial charge is 0.0765 e. The van der Waals surface area contributed by atoms with Gasteiger partial charge in [-0.2, -0.15) is 0 Å². The summed E-state index contributed by atoms with van der Waals surface area (Å²) in [4.78, 5) is 4.05. The molecule has 88 valence electrons. The van der Waals surface area contributed by atoms with Crippen LogP contribution in [0.5, 0.6) is 0 Å². The molecule has 1 aromatic heterocycles. The van der Waals surface area contributed by atoms with Crippen LogP contribution in [0.3, 0.4) is 0 Å². The molecule has 0 radical (unpaired) electrons. The Kier molecular flexibility index (Phi) is 3.22. The van der Waals surface area contributed by atoms with Crippen LogP contribution >= 0.6 is 0 Å². The van der Waals surface area contributed by atoms with Crippen molar-refractivity contribution in [3.05, 3.63) is 53.9 Å². The van der Waals surface area contributed by atoms with Crippen LogP contribution in [0.2, 0.25) is 0 Å². The lowest BCUT2D eigenvalue weighted by atomic mass is 9.98. The van der Waals surface area contributed by atoms with Crippen LogP contribution in [0.25, 0.3) is 0 Å². The summed E-state index contributed by atoms with van der Waals surface area (Å²) in [5.41, 5.74) is 17.5. The van der Waals surface area contributed by atoms with E-state index in [1.165, 1.54) is 0 Å². The number of hydrogen-bond acceptors (Lipinski definition) is 5. The third-order valence-electron chi connectivity index (χ3n) is 2.67. The van der Waals surface area contributed by atoms with Crippen molar-refractivity contribution in [1.29, 1.82) is 0 Å². The Morgan fingerprint density at radius 2 is 1.71 bits per heavy atom. The zero-order valence-electron chi connectivity index (χ0n) is 9.30. The lowest BCUT2D eigenvalue weighted by Gasteiger charge is -2.19. The van der Waals surface area contributed by atoms with Gasteiger partial charge >= 0.3 is 0 Å². The fourth-order valence-electron chi connectivity index (χ4n) is 1.78. The van der Waals surface area contributed by atoms with Gasteiger partial charge in [0.2, 0.25) is 0 Å². The van der Waals surface area contributed by atoms with Crippen LogP contribution < -0.4 is 22.7 Å². The van der Waals surface area contributed by atoms with Crippen molar-refractivity contribution < 1.29 is 0 Å². The van der Waals surface area contributed by atoms with Crippen LogP contribution in [0, 0.1) is 0 Å². The van der Waals surface area contributed by atoms with Crippen molar-refractivity contribution in [1.82, 2.24) is 10.4 Å². The maximum atomic E-state index is 5.93. The third-order valence-corrected chi connectivity index (χ3v) is 2.67. The van der Waals surface area contributed by atoms with E-state index in [1.54, 1.807) is 18.5 Å². The van der Waals surface area contributed by atoms with Crippen LogP contribution in [-0.2, 0) is 0 Å². The first kappa shape index (κ1) is 11.4. The van der Waals surface area contributed by atoms with Crippen molar-refractivity contribution in [2.45, 2.75) is 6.04 Å². The molecule has 0 bridgehead atoms. The van der Waals surface area contributed by atoms with E-state index in [9.17, 15) is 0 Å². The predicted molar refractivity (Wildman–Crippen MR) is 68.7 cm³/mol. The number of nitrogens with two attached hydrogens (primary N) is 3. The summed E-state index contributed by atoms with van der Waals surface area (Å²) in [6, 6.07) is 8.99. The second kappa shape index (κ2) is 4.82. The van der Waals surface area contributed by atoms with Gasteiger partial charge in [-0.1, -0.05) is 18.2 Å². The highest BCUT2D eigenvalue weighted by molar-refractivity contribution is 5.56. The number of rotatable bonds is 3. The van der Waals surface area contributed by atoms with Gasteiger partial charge in [0.15, 0.2) is 0 Å². The summed E-state index contributed by atoms with van der Waals surface area (Å²) < 4.78 is 0. The molecule has 2 rings (SSSR count). The summed E-state index contributed by atoms with van der Waals surface area (Å²) in [5, 5.41) is 0. The van der Waals surface area contributed by atoms with Gasteiger partial charge in [-0.15, -0.1) is 0 Å². The van der Waals surface area contributed by atoms with Gasteiger partial charge in [-0.3, -0.25) is 10.8 Å². The third kappa shape index (κ3) is 2.20. The fraction of sp³-hybridized carbons (Fsp3) is 0.0833. The lowest BCUT2D eigenvalue weighted by molar-refractivity contribution is 0.638. The average molecular weight is 229 g/mol. The van der Waals surface area contributed by atoms with Gasteiger partial charge in [0.1, 0.15) is 0 Å². The monoisotopic (exact) mass is 229 g/mol. The van der Waals surface area contributed by atoms with Crippen molar-refractivity contribution in [3.8, 4) is 0 Å². The van der Waals surface area contributed by atoms with Gasteiger partial charge < -0.3 is 11.5 Å². The molecule has 0 spiro atoms. The number of hydrazine groups is 1. The van der Waals surface area contributed by atoms with Gasteiger partial charge in [0, 0.05) is 29.3 Å². The summed E-state index contributed by atoms with van der Waals surface area (Å²) in [6.07, 6.45) is 3.33. The predicted octanol–water partition coefficient (Wildman–Crippen LogP) is 0.799. The summed E-state index contributed by atoms with van der Waals surface area (Å²) >= 11 is 0. The molecule has 2 aromatic rings. The zero-order chi connectivity index (χ0) is 12.3. The number of nitrogen functional groups attached to an aromatic ring is 2. The highest BCUT2D eigenvalue weighted by Gasteiger charge is 2.17. The maximum Gasteiger partial charge on any atom is 0.0765 e. The SMILES string of the molecule is NNC(c1ccccc1N)c1cnccc1N. The standard InChI is InChI=1S/C12H15N5/c13-10-4-2-1-3-8(10)12(17-15)9-7-16-6-5-11(9)14/h1-7,12,17H,13,15H2,(H2,14,16). The Hall–Kier alpha value is -2.11. The summed E-state index contributed by atoms with van der Waals surface area (Å²) in [6.45, 7) is 0. The Labute approximate surface area is 99.6 Å². The number of nitrogens with zero attached hydrogens (tertiary/aromatic N) is 1. The van der Waals surface area contributed by atoms with Crippen LogP contribution in [0.15, 0.2) is 42.7 Å². The fourth-order valence-corrected chi connectivity index (χ4v) is 1.78. The van der Waals surface area contributed by atoms with Gasteiger partial charge in [-0.25, -0.2) is 5.43 Å². The van der Waals surface area contributed by atoms with Gasteiger partial charge in [-0.05, 0) is 17.7 Å². The molecule has 0 fully saturated rings. The van der Waals surface area contributed by atoms with Crippen molar-refractivity contribution in [2.75, 3.05) is 11.5 Å². The van der Waals surface area contributed by atoms with E-state index in [0.717, 1.165) is 11.1 Å². The Balaban J connectivity index is 2.48. The average Bonchev–Trinajstić information content (AvgIpc) is 2.34. The molecule has 0 amide bonds. The molecule has 0 aliphatic heterocycles. The Morgan fingerprint density at radius 1 is 1.00 bits per heavy atom. The van der Waals surface area contributed by atoms with E-state index in [0.29, 0.717) is 11.4 Å². The molecule has 7 N–H and O–H groups in total. The van der Waals surface area contributed by atoms with Crippen LogP contribution in [0.1, 0.15) is 17.2 Å². The highest BCUT2D eigenvalue weighted by atomic mass is 15.2. The Morgan fingerprint density at radius 3 is 2.35 bits per heavy atom. The number of hydrogen-bond donors (Lipinski definition) is 4. The zero-order valence-corrected chi connectivity index (χ0v) is 9.30. The number of para-hydroxylation sites is 1. The van der Waals surface area contributed by atoms with Gasteiger partial charge in [0.05, 0.1) is 6.04 Å². The molecule has 0 saturated heterocycles. The van der Waals surface area contributed by atoms with Crippen LogP contribution in [-0.4, -0.2) is 4.98 Å². The summed E-state index contributed by atoms with van der Waals surface area (Å²) in [5.74, 6) is 5.59. The molecule has 1 aromatic carbocycles. The molecule has 1 unspecified atom stereocenters. The molecule has 0 aliphatic carbocycles. The molecular formula is C12H15N5. The van der Waals surface area contributed by atoms with Crippen LogP contribution in [0.4, 0.5) is 11.4 Å². The molecule has 0 aliphatic rings. The Bertz CT molecular complexity index is 466. The number of pyridine rings is 1. The first-order chi connectivity index (χ1) is 8.24. The van der Waals surface area contributed by atoms with E-state index in [4.69, 9.17) is 17.3 Å². The molecule has 1 atom stereocenters. The largest absolute Gasteiger partial charge is 0.398 e. The molecule has 5 heteroatoms. The minimum atomic E-state index is -0.259. The first-order valence-electron chi connectivity index (χ1n) is 5.24. The molecule has 0 saturated carbocycles. The highest BCUT2D eigenvalue weighted by Crippen LogP contribution is 2.28. The first-order valence-corrected chi connectivity index (χ1v) is 5.24. The molecule has 17 heavy (non-hydrogen) atoms. The number of benzene rings is 1. The topological polar surface area (TPSA) is 103 Å². The second-order valence-electron chi connectivity index (χ2n) is 3.73. The molecule has 5 nitrogen and oxygen atoms in total. The number of aromatic nitrogens is 1. The van der Waals surface area contributed by atoms with Crippen molar-refractivity contribution in [3.63, 3.8) is 0 Å². The normalized spacial score (nSPS) is 12.3. The van der Waals surface area contributed by atoms with Crippen molar-refractivity contribution >= 4 is 11.4 Å². The lowest BCUT2D eigenvalue weighted by Crippen LogP contribution is -2.30. The maximum absolute atomic E-state index is 5.93. The quantitative estimate of drug-likeness (QED) is 0.354. The van der Waals surface area contributed by atoms with Crippen molar-refractivity contribution in [2.24, 2.45) is 5.84 Å². The van der Waals surface area contributed by atoms with E-state index >= 15 is 0 Å². The minimum Gasteiger partial charge on any atom is -0.398 e.